The van der Waals surface area contributed by atoms with Crippen LogP contribution >= 0.6 is 0 Å². The first-order valence-corrected chi connectivity index (χ1v) is 18.1. The van der Waals surface area contributed by atoms with Gasteiger partial charge in [-0.1, -0.05) is 0 Å². The monoisotopic (exact) mass is 689 g/mol. The van der Waals surface area contributed by atoms with Gasteiger partial charge in [-0.25, -0.2) is 19.4 Å². The van der Waals surface area contributed by atoms with Gasteiger partial charge in [0.05, 0.1) is 30.0 Å². The predicted molar refractivity (Wildman–Crippen MR) is 186 cm³/mol. The standard InChI is InChI=1S/C21H31N3O5.C15H28N2O3/c1-21(2,3)29-20(27)24-12-8-17(9-13-24)28-16-6-10-23(11-7-16)18-5-4-15(14-22-18)19(25)26;1-15(2,3)20-14(18)17-10-6-13(7-11-17)19-12-4-8-16-9-5-12/h4-5,14,16-17H,6-13H2,1-3H3,(H,25,26);12-13,16H,4-11H2,1-3H3. The molecule has 0 unspecified atom stereocenters. The van der Waals surface area contributed by atoms with Gasteiger partial charge in [-0.3, -0.25) is 0 Å². The summed E-state index contributed by atoms with van der Waals surface area (Å²) in [6.45, 7) is 17.9. The fourth-order valence-electron chi connectivity index (χ4n) is 6.40. The number of ether oxygens (including phenoxy) is 4. The minimum Gasteiger partial charge on any atom is -0.478 e. The molecule has 0 atom stereocenters. The molecule has 0 spiro atoms. The summed E-state index contributed by atoms with van der Waals surface area (Å²) in [6, 6.07) is 3.35. The maximum absolute atomic E-state index is 12.2. The number of carbonyl (C=O) groups excluding carboxylic acids is 2. The van der Waals surface area contributed by atoms with Crippen molar-refractivity contribution in [2.75, 3.05) is 57.3 Å². The van der Waals surface area contributed by atoms with Gasteiger partial charge >= 0.3 is 18.2 Å². The van der Waals surface area contributed by atoms with Crippen LogP contribution in [0.5, 0.6) is 0 Å². The highest BCUT2D eigenvalue weighted by Crippen LogP contribution is 2.25. The van der Waals surface area contributed by atoms with Gasteiger partial charge in [0, 0.05) is 45.5 Å². The number of carboxylic acids is 1. The Morgan fingerprint density at radius 3 is 1.45 bits per heavy atom. The number of likely N-dealkylation sites (tertiary alicyclic amines) is 2. The lowest BCUT2D eigenvalue weighted by Gasteiger charge is -2.37. The summed E-state index contributed by atoms with van der Waals surface area (Å²) in [5, 5.41) is 12.3. The Morgan fingerprint density at radius 2 is 1.08 bits per heavy atom. The van der Waals surface area contributed by atoms with Crippen molar-refractivity contribution in [1.29, 1.82) is 0 Å². The number of carbonyl (C=O) groups is 3. The van der Waals surface area contributed by atoms with E-state index in [1.165, 1.54) is 6.20 Å². The third kappa shape index (κ3) is 13.2. The van der Waals surface area contributed by atoms with Crippen molar-refractivity contribution in [3.63, 3.8) is 0 Å². The van der Waals surface area contributed by atoms with Crippen LogP contribution < -0.4 is 10.2 Å². The Morgan fingerprint density at radius 1 is 0.673 bits per heavy atom. The van der Waals surface area contributed by atoms with Gasteiger partial charge in [-0.15, -0.1) is 0 Å². The molecule has 2 amide bonds. The van der Waals surface area contributed by atoms with Crippen LogP contribution in [-0.2, 0) is 18.9 Å². The highest BCUT2D eigenvalue weighted by atomic mass is 16.6. The number of piperidine rings is 4. The number of anilines is 1. The van der Waals surface area contributed by atoms with Crippen molar-refractivity contribution < 1.29 is 38.4 Å². The molecule has 0 aliphatic carbocycles. The number of nitrogens with zero attached hydrogens (tertiary/aromatic N) is 4. The minimum atomic E-state index is -0.964. The second kappa shape index (κ2) is 17.7. The van der Waals surface area contributed by atoms with E-state index in [9.17, 15) is 14.4 Å². The number of amides is 2. The van der Waals surface area contributed by atoms with Crippen molar-refractivity contribution in [1.82, 2.24) is 20.1 Å². The molecule has 49 heavy (non-hydrogen) atoms. The second-order valence-electron chi connectivity index (χ2n) is 15.5. The highest BCUT2D eigenvalue weighted by molar-refractivity contribution is 5.87. The average Bonchev–Trinajstić information content (AvgIpc) is 3.05. The quantitative estimate of drug-likeness (QED) is 0.401. The van der Waals surface area contributed by atoms with Crippen LogP contribution in [-0.4, -0.2) is 126 Å². The number of hydrogen-bond acceptors (Lipinski definition) is 10. The number of aromatic carboxylic acids is 1. The number of carboxylic acid groups (broad SMARTS) is 1. The molecule has 0 saturated carbocycles. The first-order valence-electron chi connectivity index (χ1n) is 18.1. The first kappa shape index (κ1) is 38.6. The van der Waals surface area contributed by atoms with Crippen LogP contribution in [0.25, 0.3) is 0 Å². The molecule has 5 heterocycles. The minimum absolute atomic E-state index is 0.179. The Hall–Kier alpha value is -3.16. The molecule has 4 saturated heterocycles. The van der Waals surface area contributed by atoms with Crippen molar-refractivity contribution in [3.05, 3.63) is 23.9 Å². The Balaban J connectivity index is 0.000000237. The zero-order valence-corrected chi connectivity index (χ0v) is 30.4. The van der Waals surface area contributed by atoms with Crippen molar-refractivity contribution in [3.8, 4) is 0 Å². The lowest BCUT2D eigenvalue weighted by atomic mass is 10.0. The third-order valence-corrected chi connectivity index (χ3v) is 9.00. The van der Waals surface area contributed by atoms with Crippen LogP contribution in [0.4, 0.5) is 15.4 Å². The Bertz CT molecular complexity index is 1190. The van der Waals surface area contributed by atoms with Crippen molar-refractivity contribution in [2.45, 2.75) is 129 Å². The lowest BCUT2D eigenvalue weighted by Crippen LogP contribution is -2.45. The van der Waals surface area contributed by atoms with Crippen LogP contribution in [0, 0.1) is 0 Å². The molecular formula is C36H59N5O8. The fourth-order valence-corrected chi connectivity index (χ4v) is 6.40. The number of aromatic nitrogens is 1. The largest absolute Gasteiger partial charge is 0.478 e. The van der Waals surface area contributed by atoms with Gasteiger partial charge in [-0.05, 0) is 118 Å². The average molecular weight is 690 g/mol. The van der Waals surface area contributed by atoms with Crippen LogP contribution in [0.1, 0.15) is 103 Å². The third-order valence-electron chi connectivity index (χ3n) is 9.00. The Kier molecular flexibility index (Phi) is 13.9. The number of pyridine rings is 1. The summed E-state index contributed by atoms with van der Waals surface area (Å²) in [5.74, 6) is -0.159. The van der Waals surface area contributed by atoms with Gasteiger partial charge in [0.15, 0.2) is 0 Å². The SMILES string of the molecule is CC(C)(C)OC(=O)N1CCC(OC2CCN(c3ccc(C(=O)O)cn3)CC2)CC1.CC(C)(C)OC(=O)N1CCC(OC2CCNCC2)CC1. The summed E-state index contributed by atoms with van der Waals surface area (Å²) in [6.07, 6.45) is 9.58. The molecule has 13 heteroatoms. The topological polar surface area (TPSA) is 143 Å². The molecule has 4 fully saturated rings. The van der Waals surface area contributed by atoms with E-state index in [0.29, 0.717) is 25.3 Å². The lowest BCUT2D eigenvalue weighted by molar-refractivity contribution is -0.0556. The summed E-state index contributed by atoms with van der Waals surface area (Å²) >= 11 is 0. The smallest absolute Gasteiger partial charge is 0.410 e. The van der Waals surface area contributed by atoms with Gasteiger partial charge < -0.3 is 44.1 Å². The van der Waals surface area contributed by atoms with E-state index in [-0.39, 0.29) is 30.0 Å². The predicted octanol–water partition coefficient (Wildman–Crippen LogP) is 5.32. The van der Waals surface area contributed by atoms with Crippen LogP contribution in [0.2, 0.25) is 0 Å². The van der Waals surface area contributed by atoms with E-state index in [0.717, 1.165) is 96.5 Å². The highest BCUT2D eigenvalue weighted by Gasteiger charge is 2.31. The van der Waals surface area contributed by atoms with Gasteiger partial charge in [0.1, 0.15) is 17.0 Å². The molecule has 1 aromatic rings. The molecule has 5 rings (SSSR count). The maximum atomic E-state index is 12.2. The molecule has 4 aliphatic rings. The van der Waals surface area contributed by atoms with E-state index in [1.54, 1.807) is 21.9 Å². The van der Waals surface area contributed by atoms with Gasteiger partial charge in [0.25, 0.3) is 0 Å². The molecule has 2 N–H and O–H groups in total. The number of rotatable bonds is 6. The molecule has 4 aliphatic heterocycles. The zero-order chi connectivity index (χ0) is 35.6. The zero-order valence-electron chi connectivity index (χ0n) is 30.4. The van der Waals surface area contributed by atoms with E-state index >= 15 is 0 Å². The molecule has 276 valence electrons. The molecule has 0 aromatic carbocycles. The molecule has 1 aromatic heterocycles. The van der Waals surface area contributed by atoms with Crippen molar-refractivity contribution >= 4 is 24.0 Å². The van der Waals surface area contributed by atoms with Crippen LogP contribution in [0.15, 0.2) is 18.3 Å². The van der Waals surface area contributed by atoms with E-state index in [2.05, 4.69) is 15.2 Å². The van der Waals surface area contributed by atoms with E-state index in [4.69, 9.17) is 24.1 Å². The number of nitrogens with one attached hydrogen (secondary N) is 1. The summed E-state index contributed by atoms with van der Waals surface area (Å²) < 4.78 is 23.3. The Labute approximate surface area is 292 Å². The molecule has 13 nitrogen and oxygen atoms in total. The van der Waals surface area contributed by atoms with Gasteiger partial charge in [-0.2, -0.15) is 0 Å². The molecule has 0 radical (unpaired) electrons. The summed E-state index contributed by atoms with van der Waals surface area (Å²) in [4.78, 5) is 45.1. The summed E-state index contributed by atoms with van der Waals surface area (Å²) in [5.41, 5.74) is -0.689. The number of hydrogen-bond donors (Lipinski definition) is 2. The summed E-state index contributed by atoms with van der Waals surface area (Å²) in [7, 11) is 0. The first-order chi connectivity index (χ1) is 23.1. The normalized spacial score (nSPS) is 20.7. The fraction of sp³-hybridized carbons (Fsp3) is 0.778. The van der Waals surface area contributed by atoms with Gasteiger partial charge in [0.2, 0.25) is 0 Å². The molecule has 0 bridgehead atoms. The van der Waals surface area contributed by atoms with Crippen LogP contribution in [0.3, 0.4) is 0 Å². The van der Waals surface area contributed by atoms with Crippen molar-refractivity contribution in [2.24, 2.45) is 0 Å². The molecular weight excluding hydrogens is 630 g/mol. The second-order valence-corrected chi connectivity index (χ2v) is 15.5. The maximum Gasteiger partial charge on any atom is 0.410 e. The van der Waals surface area contributed by atoms with E-state index in [1.807, 2.05) is 41.5 Å². The van der Waals surface area contributed by atoms with E-state index < -0.39 is 17.2 Å².